The van der Waals surface area contributed by atoms with Gasteiger partial charge in [-0.3, -0.25) is 0 Å². The fourth-order valence-corrected chi connectivity index (χ4v) is 1.96. The van der Waals surface area contributed by atoms with Gasteiger partial charge in [-0.15, -0.1) is 0 Å². The van der Waals surface area contributed by atoms with Gasteiger partial charge in [-0.2, -0.15) is 13.2 Å². The van der Waals surface area contributed by atoms with E-state index < -0.39 is 17.5 Å². The van der Waals surface area contributed by atoms with Crippen LogP contribution in [0.25, 0.3) is 0 Å². The maximum Gasteiger partial charge on any atom is 0.422 e. The van der Waals surface area contributed by atoms with Crippen molar-refractivity contribution in [2.45, 2.75) is 38.1 Å². The van der Waals surface area contributed by atoms with E-state index in [1.165, 1.54) is 0 Å². The van der Waals surface area contributed by atoms with Crippen molar-refractivity contribution in [2.75, 3.05) is 6.54 Å². The highest BCUT2D eigenvalue weighted by Crippen LogP contribution is 2.42. The van der Waals surface area contributed by atoms with Gasteiger partial charge in [0.2, 0.25) is 5.60 Å². The quantitative estimate of drug-likeness (QED) is 0.795. The van der Waals surface area contributed by atoms with E-state index >= 15 is 0 Å². The van der Waals surface area contributed by atoms with Gasteiger partial charge >= 0.3 is 6.18 Å². The van der Waals surface area contributed by atoms with E-state index in [0.717, 1.165) is 0 Å². The summed E-state index contributed by atoms with van der Waals surface area (Å²) in [4.78, 5) is 0. The summed E-state index contributed by atoms with van der Waals surface area (Å²) in [7, 11) is 0. The Morgan fingerprint density at radius 2 is 2.12 bits per heavy atom. The van der Waals surface area contributed by atoms with Gasteiger partial charge in [0.1, 0.15) is 5.69 Å². The monoisotopic (exact) mass is 250 g/mol. The maximum absolute atomic E-state index is 12.7. The molecule has 2 rings (SSSR count). The van der Waals surface area contributed by atoms with Crippen LogP contribution in [0.3, 0.4) is 0 Å². The van der Waals surface area contributed by atoms with Crippen LogP contribution < -0.4 is 5.32 Å². The Morgan fingerprint density at radius 3 is 2.71 bits per heavy atom. The lowest BCUT2D eigenvalue weighted by atomic mass is 9.88. The van der Waals surface area contributed by atoms with Crippen molar-refractivity contribution in [3.05, 3.63) is 17.0 Å². The van der Waals surface area contributed by atoms with Gasteiger partial charge < -0.3 is 14.9 Å². The molecule has 0 saturated heterocycles. The van der Waals surface area contributed by atoms with Gasteiger partial charge in [0.25, 0.3) is 0 Å². The summed E-state index contributed by atoms with van der Waals surface area (Å²) < 4.78 is 43.1. The molecule has 4 nitrogen and oxygen atoms in total. The number of hydrogen-bond acceptors (Lipinski definition) is 4. The van der Waals surface area contributed by atoms with Crippen LogP contribution in [-0.2, 0) is 12.1 Å². The number of nitrogens with one attached hydrogen (secondary N) is 1. The smallest absolute Gasteiger partial charge is 0.375 e. The van der Waals surface area contributed by atoms with E-state index in [4.69, 9.17) is 4.52 Å². The van der Waals surface area contributed by atoms with Gasteiger partial charge in [-0.05, 0) is 12.8 Å². The van der Waals surface area contributed by atoms with Crippen LogP contribution in [0.5, 0.6) is 0 Å². The lowest BCUT2D eigenvalue weighted by Gasteiger charge is -2.27. The highest BCUT2D eigenvalue weighted by molar-refractivity contribution is 5.33. The Kier molecular flexibility index (Phi) is 2.70. The maximum atomic E-state index is 12.7. The molecule has 0 spiro atoms. The van der Waals surface area contributed by atoms with Crippen molar-refractivity contribution in [1.29, 1.82) is 0 Å². The molecule has 2 N–H and O–H groups in total. The average molecular weight is 250 g/mol. The van der Waals surface area contributed by atoms with E-state index in [0.29, 0.717) is 31.3 Å². The average Bonchev–Trinajstić information content (AvgIpc) is 2.61. The Balaban J connectivity index is 2.51. The fourth-order valence-electron chi connectivity index (χ4n) is 1.96. The van der Waals surface area contributed by atoms with E-state index in [1.54, 1.807) is 6.92 Å². The molecule has 0 fully saturated rings. The van der Waals surface area contributed by atoms with Crippen molar-refractivity contribution in [1.82, 2.24) is 10.5 Å². The molecule has 2 heterocycles. The number of halogens is 3. The zero-order valence-electron chi connectivity index (χ0n) is 9.43. The fraction of sp³-hybridized carbons (Fsp3) is 0.700. The van der Waals surface area contributed by atoms with Crippen molar-refractivity contribution in [2.24, 2.45) is 0 Å². The van der Waals surface area contributed by atoms with Gasteiger partial charge in [0.05, 0.1) is 6.54 Å². The Labute approximate surface area is 95.8 Å². The molecule has 96 valence electrons. The number of aliphatic hydroxyl groups is 1. The second-order valence-corrected chi connectivity index (χ2v) is 4.47. The zero-order chi connectivity index (χ0) is 12.8. The lowest BCUT2D eigenvalue weighted by Crippen LogP contribution is -2.41. The molecular formula is C10H13F3N2O2. The Morgan fingerprint density at radius 1 is 1.47 bits per heavy atom. The first-order valence-corrected chi connectivity index (χ1v) is 5.24. The molecule has 0 aromatic carbocycles. The first kappa shape index (κ1) is 12.4. The van der Waals surface area contributed by atoms with Crippen molar-refractivity contribution in [3.63, 3.8) is 0 Å². The van der Waals surface area contributed by atoms with Crippen LogP contribution in [-0.4, -0.2) is 23.0 Å². The summed E-state index contributed by atoms with van der Waals surface area (Å²) in [6, 6.07) is 0. The van der Waals surface area contributed by atoms with Crippen LogP contribution in [0.15, 0.2) is 4.52 Å². The minimum atomic E-state index is -4.78. The third-order valence-corrected chi connectivity index (χ3v) is 3.04. The predicted molar refractivity (Wildman–Crippen MR) is 52.3 cm³/mol. The van der Waals surface area contributed by atoms with Crippen LogP contribution in [0.2, 0.25) is 0 Å². The predicted octanol–water partition coefficient (Wildman–Crippen LogP) is 1.65. The van der Waals surface area contributed by atoms with Crippen LogP contribution in [0, 0.1) is 0 Å². The molecule has 1 aromatic heterocycles. The SMILES string of the molecule is CC1CNCc2onc(C(C)(O)C(F)(F)F)c21. The summed E-state index contributed by atoms with van der Waals surface area (Å²) in [6.45, 7) is 3.33. The van der Waals surface area contributed by atoms with Crippen LogP contribution >= 0.6 is 0 Å². The number of hydrogen-bond donors (Lipinski definition) is 2. The van der Waals surface area contributed by atoms with Crippen LogP contribution in [0.4, 0.5) is 13.2 Å². The molecule has 0 radical (unpaired) electrons. The van der Waals surface area contributed by atoms with Crippen molar-refractivity contribution >= 4 is 0 Å². The third-order valence-electron chi connectivity index (χ3n) is 3.04. The molecule has 7 heteroatoms. The van der Waals surface area contributed by atoms with Gasteiger partial charge in [0, 0.05) is 12.1 Å². The van der Waals surface area contributed by atoms with Gasteiger partial charge in [-0.25, -0.2) is 0 Å². The second-order valence-electron chi connectivity index (χ2n) is 4.47. The van der Waals surface area contributed by atoms with Gasteiger partial charge in [-0.1, -0.05) is 12.1 Å². The zero-order valence-corrected chi connectivity index (χ0v) is 9.43. The molecule has 1 aromatic rings. The number of fused-ring (bicyclic) bond motifs is 1. The summed E-state index contributed by atoms with van der Waals surface area (Å²) in [5, 5.41) is 16.0. The largest absolute Gasteiger partial charge is 0.422 e. The minimum Gasteiger partial charge on any atom is -0.375 e. The summed E-state index contributed by atoms with van der Waals surface area (Å²) in [5.74, 6) is 0.192. The molecule has 1 aliphatic heterocycles. The normalized spacial score (nSPS) is 24.2. The lowest BCUT2D eigenvalue weighted by molar-refractivity contribution is -0.261. The van der Waals surface area contributed by atoms with E-state index in [9.17, 15) is 18.3 Å². The number of nitrogens with zero attached hydrogens (tertiary/aromatic N) is 1. The number of rotatable bonds is 1. The van der Waals surface area contributed by atoms with Crippen molar-refractivity contribution in [3.8, 4) is 0 Å². The number of alkyl halides is 3. The molecular weight excluding hydrogens is 237 g/mol. The first-order chi connectivity index (χ1) is 7.75. The molecule has 1 aliphatic rings. The third kappa shape index (κ3) is 1.83. The highest BCUT2D eigenvalue weighted by atomic mass is 19.4. The van der Waals surface area contributed by atoms with E-state index in [1.807, 2.05) is 0 Å². The summed E-state index contributed by atoms with van der Waals surface area (Å²) in [6.07, 6.45) is -4.78. The molecule has 2 unspecified atom stereocenters. The Bertz CT molecular complexity index is 426. The number of aromatic nitrogens is 1. The summed E-state index contributed by atoms with van der Waals surface area (Å²) in [5.41, 5.74) is -3.03. The standard InChI is InChI=1S/C10H13F3N2O2/c1-5-3-14-4-6-7(5)8(15-17-6)9(2,16)10(11,12)13/h5,14,16H,3-4H2,1-2H3. The molecule has 0 bridgehead atoms. The van der Waals surface area contributed by atoms with E-state index in [2.05, 4.69) is 10.5 Å². The molecule has 0 amide bonds. The Hall–Kier alpha value is -1.08. The topological polar surface area (TPSA) is 58.3 Å². The second kappa shape index (κ2) is 3.71. The van der Waals surface area contributed by atoms with Gasteiger partial charge in [0.15, 0.2) is 5.76 Å². The molecule has 17 heavy (non-hydrogen) atoms. The van der Waals surface area contributed by atoms with E-state index in [-0.39, 0.29) is 5.92 Å². The first-order valence-electron chi connectivity index (χ1n) is 5.24. The molecule has 0 aliphatic carbocycles. The highest BCUT2D eigenvalue weighted by Gasteiger charge is 2.55. The van der Waals surface area contributed by atoms with Crippen molar-refractivity contribution < 1.29 is 22.8 Å². The summed E-state index contributed by atoms with van der Waals surface area (Å²) >= 11 is 0. The minimum absolute atomic E-state index is 0.172. The van der Waals surface area contributed by atoms with Crippen LogP contribution in [0.1, 0.15) is 36.8 Å². The molecule has 2 atom stereocenters. The molecule has 0 saturated carbocycles.